The standard InChI is InChI=1S/C11H24O3S.Li.H/c1-2-3-4-5-6-7-8-9-10-11-15(12,13)14;;/h2-11H2,1H3,(H,12,13,14);;/q;+1;-1. The van der Waals surface area contributed by atoms with E-state index < -0.39 is 10.1 Å². The fourth-order valence-corrected chi connectivity index (χ4v) is 2.16. The van der Waals surface area contributed by atoms with Crippen LogP contribution in [0.4, 0.5) is 0 Å². The van der Waals surface area contributed by atoms with Crippen LogP contribution < -0.4 is 18.9 Å². The van der Waals surface area contributed by atoms with Crippen LogP contribution in [-0.2, 0) is 10.1 Å². The average Bonchev–Trinajstić information content (AvgIpc) is 2.14. The molecule has 0 amide bonds. The van der Waals surface area contributed by atoms with E-state index in [1.807, 2.05) is 0 Å². The van der Waals surface area contributed by atoms with E-state index >= 15 is 0 Å². The Morgan fingerprint density at radius 1 is 0.875 bits per heavy atom. The molecule has 0 bridgehead atoms. The van der Waals surface area contributed by atoms with Gasteiger partial charge in [0.05, 0.1) is 5.75 Å². The third-order valence-electron chi connectivity index (χ3n) is 2.51. The minimum atomic E-state index is -3.73. The molecule has 0 radical (unpaired) electrons. The molecule has 3 nitrogen and oxygen atoms in total. The second-order valence-electron chi connectivity index (χ2n) is 4.11. The van der Waals surface area contributed by atoms with Crippen molar-refractivity contribution in [2.45, 2.75) is 64.7 Å². The Morgan fingerprint density at radius 2 is 1.25 bits per heavy atom. The fourth-order valence-electron chi connectivity index (χ4n) is 1.60. The average molecular weight is 244 g/mol. The zero-order chi connectivity index (χ0) is 11.6. The van der Waals surface area contributed by atoms with Gasteiger partial charge < -0.3 is 1.43 Å². The van der Waals surface area contributed by atoms with Crippen LogP contribution in [0.1, 0.15) is 66.1 Å². The van der Waals surface area contributed by atoms with Gasteiger partial charge >= 0.3 is 18.9 Å². The van der Waals surface area contributed by atoms with E-state index in [0.717, 1.165) is 12.8 Å². The smallest absolute Gasteiger partial charge is 1.00 e. The maximum absolute atomic E-state index is 10.4. The van der Waals surface area contributed by atoms with Gasteiger partial charge in [-0.2, -0.15) is 8.42 Å². The van der Waals surface area contributed by atoms with E-state index in [1.54, 1.807) is 0 Å². The molecule has 0 aliphatic heterocycles. The molecule has 0 aromatic carbocycles. The Bertz CT molecular complexity index is 233. The summed E-state index contributed by atoms with van der Waals surface area (Å²) in [6, 6.07) is 0. The summed E-state index contributed by atoms with van der Waals surface area (Å²) in [6.45, 7) is 2.20. The van der Waals surface area contributed by atoms with Crippen molar-refractivity contribution in [1.29, 1.82) is 0 Å². The Balaban J connectivity index is -0.000000980. The summed E-state index contributed by atoms with van der Waals surface area (Å²) >= 11 is 0. The zero-order valence-corrected chi connectivity index (χ0v) is 11.6. The van der Waals surface area contributed by atoms with E-state index in [4.69, 9.17) is 4.55 Å². The monoisotopic (exact) mass is 244 g/mol. The van der Waals surface area contributed by atoms with Crippen LogP contribution in [0.3, 0.4) is 0 Å². The third-order valence-corrected chi connectivity index (χ3v) is 3.31. The van der Waals surface area contributed by atoms with Crippen molar-refractivity contribution in [2.24, 2.45) is 0 Å². The summed E-state index contributed by atoms with van der Waals surface area (Å²) in [5.74, 6) is -0.0805. The van der Waals surface area contributed by atoms with Crippen molar-refractivity contribution < 1.29 is 33.3 Å². The van der Waals surface area contributed by atoms with Crippen LogP contribution in [-0.4, -0.2) is 18.7 Å². The largest absolute Gasteiger partial charge is 1.00 e. The van der Waals surface area contributed by atoms with Crippen LogP contribution in [0.2, 0.25) is 0 Å². The second-order valence-corrected chi connectivity index (χ2v) is 5.69. The maximum atomic E-state index is 10.4. The van der Waals surface area contributed by atoms with Crippen LogP contribution >= 0.6 is 0 Å². The van der Waals surface area contributed by atoms with Crippen LogP contribution in [0.25, 0.3) is 0 Å². The summed E-state index contributed by atoms with van der Waals surface area (Å²) in [6.07, 6.45) is 10.2. The Labute approximate surface area is 114 Å². The first kappa shape index (κ1) is 18.9. The molecule has 0 saturated carbocycles. The van der Waals surface area contributed by atoms with E-state index in [0.29, 0.717) is 6.42 Å². The Hall–Kier alpha value is 0.507. The molecular weight excluding hydrogens is 219 g/mol. The first-order valence-corrected chi connectivity index (χ1v) is 7.62. The van der Waals surface area contributed by atoms with Gasteiger partial charge in [0.2, 0.25) is 0 Å². The number of rotatable bonds is 10. The summed E-state index contributed by atoms with van der Waals surface area (Å²) in [4.78, 5) is 0. The maximum Gasteiger partial charge on any atom is 1.00 e. The van der Waals surface area contributed by atoms with E-state index in [-0.39, 0.29) is 26.0 Å². The molecule has 0 spiro atoms. The Morgan fingerprint density at radius 3 is 1.62 bits per heavy atom. The molecule has 0 saturated heterocycles. The van der Waals surface area contributed by atoms with Gasteiger partial charge in [-0.15, -0.1) is 0 Å². The first-order chi connectivity index (χ1) is 7.06. The molecule has 0 aliphatic carbocycles. The minimum absolute atomic E-state index is 0. The fraction of sp³-hybridized carbons (Fsp3) is 1.00. The van der Waals surface area contributed by atoms with E-state index in [2.05, 4.69) is 6.92 Å². The van der Waals surface area contributed by atoms with Gasteiger partial charge in [-0.3, -0.25) is 4.55 Å². The third kappa shape index (κ3) is 16.9. The first-order valence-electron chi connectivity index (χ1n) is 6.01. The molecule has 0 heterocycles. The summed E-state index contributed by atoms with van der Waals surface area (Å²) < 4.78 is 29.3. The van der Waals surface area contributed by atoms with Gasteiger partial charge in [0.25, 0.3) is 10.1 Å². The van der Waals surface area contributed by atoms with Crippen molar-refractivity contribution in [3.8, 4) is 0 Å². The molecule has 0 fully saturated rings. The predicted octanol–water partition coefficient (Wildman–Crippen LogP) is 0.522. The number of hydrogen-bond acceptors (Lipinski definition) is 2. The van der Waals surface area contributed by atoms with Crippen molar-refractivity contribution in [3.63, 3.8) is 0 Å². The molecular formula is C11H25LiO3S. The molecule has 0 aromatic heterocycles. The summed E-state index contributed by atoms with van der Waals surface area (Å²) in [5.41, 5.74) is 0. The topological polar surface area (TPSA) is 54.4 Å². The van der Waals surface area contributed by atoms with Gasteiger partial charge in [0, 0.05) is 0 Å². The molecule has 0 rings (SSSR count). The summed E-state index contributed by atoms with van der Waals surface area (Å²) in [7, 11) is -3.73. The molecule has 5 heteroatoms. The molecule has 0 aromatic rings. The quantitative estimate of drug-likeness (QED) is 0.346. The molecule has 0 aliphatic rings. The zero-order valence-electron chi connectivity index (χ0n) is 11.7. The minimum Gasteiger partial charge on any atom is -1.00 e. The van der Waals surface area contributed by atoms with Crippen molar-refractivity contribution in [2.75, 3.05) is 5.75 Å². The van der Waals surface area contributed by atoms with Crippen LogP contribution in [0.15, 0.2) is 0 Å². The SMILES string of the molecule is CCCCCCCCCCCS(=O)(=O)O.[H-].[Li+]. The number of hydrogen-bond donors (Lipinski definition) is 1. The molecule has 16 heavy (non-hydrogen) atoms. The van der Waals surface area contributed by atoms with Gasteiger partial charge in [-0.1, -0.05) is 58.3 Å². The second kappa shape index (κ2) is 12.0. The number of unbranched alkanes of at least 4 members (excludes halogenated alkanes) is 8. The van der Waals surface area contributed by atoms with Crippen molar-refractivity contribution >= 4 is 10.1 Å². The van der Waals surface area contributed by atoms with Gasteiger partial charge in [0.15, 0.2) is 0 Å². The molecule has 0 unspecified atom stereocenters. The molecule has 94 valence electrons. The molecule has 0 atom stereocenters. The van der Waals surface area contributed by atoms with Gasteiger partial charge in [0.1, 0.15) is 0 Å². The Kier molecular flexibility index (Phi) is 14.1. The predicted molar refractivity (Wildman–Crippen MR) is 64.8 cm³/mol. The van der Waals surface area contributed by atoms with E-state index in [1.165, 1.54) is 38.5 Å². The van der Waals surface area contributed by atoms with Crippen molar-refractivity contribution in [3.05, 3.63) is 0 Å². The van der Waals surface area contributed by atoms with E-state index in [9.17, 15) is 8.42 Å². The van der Waals surface area contributed by atoms with Crippen LogP contribution in [0.5, 0.6) is 0 Å². The van der Waals surface area contributed by atoms with Crippen LogP contribution in [0, 0.1) is 0 Å². The van der Waals surface area contributed by atoms with Gasteiger partial charge in [-0.25, -0.2) is 0 Å². The summed E-state index contributed by atoms with van der Waals surface area (Å²) in [5, 5.41) is 0. The van der Waals surface area contributed by atoms with Crippen molar-refractivity contribution in [1.82, 2.24) is 0 Å². The van der Waals surface area contributed by atoms with Gasteiger partial charge in [-0.05, 0) is 6.42 Å². The normalized spacial score (nSPS) is 11.1. The molecule has 1 N–H and O–H groups in total.